The Morgan fingerprint density at radius 2 is 1.62 bits per heavy atom. The van der Waals surface area contributed by atoms with E-state index in [1.165, 1.54) is 78.6 Å². The van der Waals surface area contributed by atoms with Crippen LogP contribution in [0.3, 0.4) is 0 Å². The number of nitro groups is 1. The maximum Gasteiger partial charge on any atom is 0.271 e. The second-order valence-corrected chi connectivity index (χ2v) is 12.0. The SMILES string of the molecule is C[C@H](C(=O)NC(C)(C)C)N(Cc1ccc(F)cc1)C(=O)CN(c1cccc([N+](=O)[O-])c1)S(=O)(=O)c1ccccc1. The van der Waals surface area contributed by atoms with Gasteiger partial charge in [0.25, 0.3) is 15.7 Å². The molecule has 0 aromatic heterocycles. The second kappa shape index (κ2) is 12.2. The maximum atomic E-state index is 13.8. The average molecular weight is 571 g/mol. The first-order valence-electron chi connectivity index (χ1n) is 12.4. The zero-order valence-corrected chi connectivity index (χ0v) is 23.4. The molecule has 3 aromatic rings. The van der Waals surface area contributed by atoms with Crippen LogP contribution < -0.4 is 9.62 Å². The van der Waals surface area contributed by atoms with E-state index in [4.69, 9.17) is 0 Å². The van der Waals surface area contributed by atoms with E-state index in [2.05, 4.69) is 5.32 Å². The summed E-state index contributed by atoms with van der Waals surface area (Å²) in [6, 6.07) is 16.6. The van der Waals surface area contributed by atoms with Gasteiger partial charge in [-0.2, -0.15) is 0 Å². The van der Waals surface area contributed by atoms with E-state index in [-0.39, 0.29) is 22.8 Å². The third-order valence-corrected chi connectivity index (χ3v) is 7.66. The minimum Gasteiger partial charge on any atom is -0.350 e. The Labute approximate surface area is 232 Å². The molecule has 0 aliphatic carbocycles. The minimum atomic E-state index is -4.37. The lowest BCUT2D eigenvalue weighted by Gasteiger charge is -2.33. The van der Waals surface area contributed by atoms with Gasteiger partial charge in [0.05, 0.1) is 15.5 Å². The highest BCUT2D eigenvalue weighted by Crippen LogP contribution is 2.27. The number of amides is 2. The van der Waals surface area contributed by atoms with Gasteiger partial charge in [-0.1, -0.05) is 36.4 Å². The Bertz CT molecular complexity index is 1470. The summed E-state index contributed by atoms with van der Waals surface area (Å²) < 4.78 is 41.8. The Hall–Kier alpha value is -4.32. The number of hydrogen-bond donors (Lipinski definition) is 1. The van der Waals surface area contributed by atoms with Gasteiger partial charge >= 0.3 is 0 Å². The molecule has 1 N–H and O–H groups in total. The van der Waals surface area contributed by atoms with Crippen molar-refractivity contribution in [3.8, 4) is 0 Å². The molecule has 0 aliphatic heterocycles. The van der Waals surface area contributed by atoms with Gasteiger partial charge in [-0.25, -0.2) is 12.8 Å². The van der Waals surface area contributed by atoms with Crippen molar-refractivity contribution in [3.05, 3.63) is 100 Å². The Morgan fingerprint density at radius 1 is 1.00 bits per heavy atom. The van der Waals surface area contributed by atoms with Gasteiger partial charge in [-0.05, 0) is 63.6 Å². The van der Waals surface area contributed by atoms with E-state index in [0.717, 1.165) is 10.4 Å². The van der Waals surface area contributed by atoms with Crippen molar-refractivity contribution < 1.29 is 27.3 Å². The number of nitro benzene ring substituents is 1. The van der Waals surface area contributed by atoms with Crippen LogP contribution in [0.5, 0.6) is 0 Å². The van der Waals surface area contributed by atoms with Crippen molar-refractivity contribution in [3.63, 3.8) is 0 Å². The fourth-order valence-electron chi connectivity index (χ4n) is 3.85. The highest BCUT2D eigenvalue weighted by molar-refractivity contribution is 7.92. The van der Waals surface area contributed by atoms with Crippen molar-refractivity contribution in [2.45, 2.75) is 50.7 Å². The predicted octanol–water partition coefficient (Wildman–Crippen LogP) is 4.26. The lowest BCUT2D eigenvalue weighted by Crippen LogP contribution is -2.54. The lowest BCUT2D eigenvalue weighted by molar-refractivity contribution is -0.384. The number of nitrogens with zero attached hydrogens (tertiary/aromatic N) is 3. The topological polar surface area (TPSA) is 130 Å². The number of rotatable bonds is 10. The van der Waals surface area contributed by atoms with E-state index in [1.54, 1.807) is 26.8 Å². The van der Waals surface area contributed by atoms with Gasteiger partial charge in [-0.3, -0.25) is 24.0 Å². The third kappa shape index (κ3) is 7.63. The number of sulfonamides is 1. The second-order valence-electron chi connectivity index (χ2n) is 10.2. The van der Waals surface area contributed by atoms with Crippen LogP contribution >= 0.6 is 0 Å². The van der Waals surface area contributed by atoms with Crippen LogP contribution in [0.25, 0.3) is 0 Å². The van der Waals surface area contributed by atoms with E-state index in [0.29, 0.717) is 5.56 Å². The van der Waals surface area contributed by atoms with Crippen molar-refractivity contribution in [1.82, 2.24) is 10.2 Å². The number of hydrogen-bond acceptors (Lipinski definition) is 6. The first kappa shape index (κ1) is 30.2. The fourth-order valence-corrected chi connectivity index (χ4v) is 5.28. The third-order valence-electron chi connectivity index (χ3n) is 5.87. The van der Waals surface area contributed by atoms with Crippen LogP contribution in [-0.2, 0) is 26.2 Å². The highest BCUT2D eigenvalue weighted by Gasteiger charge is 2.33. The van der Waals surface area contributed by atoms with Crippen LogP contribution in [0.15, 0.2) is 83.8 Å². The average Bonchev–Trinajstić information content (AvgIpc) is 2.90. The van der Waals surface area contributed by atoms with Crippen LogP contribution in [0, 0.1) is 15.9 Å². The highest BCUT2D eigenvalue weighted by atomic mass is 32.2. The molecule has 0 saturated heterocycles. The summed E-state index contributed by atoms with van der Waals surface area (Å²) >= 11 is 0. The molecule has 0 spiro atoms. The fraction of sp³-hybridized carbons (Fsp3) is 0.286. The van der Waals surface area contributed by atoms with Crippen molar-refractivity contribution >= 4 is 33.2 Å². The molecule has 0 saturated carbocycles. The summed E-state index contributed by atoms with van der Waals surface area (Å²) in [6.07, 6.45) is 0. The molecule has 0 fully saturated rings. The summed E-state index contributed by atoms with van der Waals surface area (Å²) in [5.74, 6) is -1.70. The number of carbonyl (C=O) groups is 2. The standard InChI is InChI=1S/C28H31FN4O6S/c1-20(27(35)30-28(2,3)4)31(18-21-13-15-22(29)16-14-21)26(34)19-32(23-9-8-10-24(17-23)33(36)37)40(38,39)25-11-6-5-7-12-25/h5-17,20H,18-19H2,1-4H3,(H,30,35)/t20-/m1/s1. The normalized spacial score (nSPS) is 12.3. The lowest BCUT2D eigenvalue weighted by atomic mass is 10.1. The van der Waals surface area contributed by atoms with Gasteiger partial charge in [0.15, 0.2) is 0 Å². The molecular formula is C28H31FN4O6S. The van der Waals surface area contributed by atoms with Crippen molar-refractivity contribution in [1.29, 1.82) is 0 Å². The quantitative estimate of drug-likeness (QED) is 0.286. The van der Waals surface area contributed by atoms with Crippen LogP contribution in [-0.4, -0.2) is 48.2 Å². The van der Waals surface area contributed by atoms with Crippen molar-refractivity contribution in [2.75, 3.05) is 10.8 Å². The van der Waals surface area contributed by atoms with E-state index in [1.807, 2.05) is 0 Å². The van der Waals surface area contributed by atoms with Gasteiger partial charge < -0.3 is 10.2 Å². The summed E-state index contributed by atoms with van der Waals surface area (Å²) in [4.78, 5) is 38.7. The van der Waals surface area contributed by atoms with E-state index < -0.39 is 50.7 Å². The summed E-state index contributed by atoms with van der Waals surface area (Å²) in [6.45, 7) is 5.96. The molecular weight excluding hydrogens is 539 g/mol. The van der Waals surface area contributed by atoms with Crippen LogP contribution in [0.4, 0.5) is 15.8 Å². The molecule has 0 radical (unpaired) electrons. The van der Waals surface area contributed by atoms with Gasteiger partial charge in [-0.15, -0.1) is 0 Å². The van der Waals surface area contributed by atoms with Crippen LogP contribution in [0.2, 0.25) is 0 Å². The molecule has 2 amide bonds. The van der Waals surface area contributed by atoms with Gasteiger partial charge in [0.2, 0.25) is 11.8 Å². The molecule has 40 heavy (non-hydrogen) atoms. The molecule has 3 aromatic carbocycles. The Balaban J connectivity index is 2.06. The predicted molar refractivity (Wildman–Crippen MR) is 148 cm³/mol. The number of nitrogens with one attached hydrogen (secondary N) is 1. The zero-order valence-electron chi connectivity index (χ0n) is 22.6. The first-order chi connectivity index (χ1) is 18.7. The monoisotopic (exact) mass is 570 g/mol. The largest absolute Gasteiger partial charge is 0.350 e. The van der Waals surface area contributed by atoms with Crippen molar-refractivity contribution in [2.24, 2.45) is 0 Å². The Kier molecular flexibility index (Phi) is 9.25. The maximum absolute atomic E-state index is 13.8. The van der Waals surface area contributed by atoms with Gasteiger partial charge in [0, 0.05) is 24.2 Å². The Morgan fingerprint density at radius 3 is 2.20 bits per heavy atom. The molecule has 3 rings (SSSR count). The minimum absolute atomic E-state index is 0.0973. The number of benzene rings is 3. The van der Waals surface area contributed by atoms with E-state index >= 15 is 0 Å². The number of non-ortho nitro benzene ring substituents is 1. The molecule has 10 nitrogen and oxygen atoms in total. The molecule has 0 unspecified atom stereocenters. The molecule has 0 aliphatic rings. The molecule has 212 valence electrons. The van der Waals surface area contributed by atoms with E-state index in [9.17, 15) is 32.5 Å². The van der Waals surface area contributed by atoms with Gasteiger partial charge in [0.1, 0.15) is 18.4 Å². The summed E-state index contributed by atoms with van der Waals surface area (Å²) in [5.41, 5.74) is -0.557. The smallest absolute Gasteiger partial charge is 0.271 e. The number of carbonyl (C=O) groups excluding carboxylic acids is 2. The molecule has 1 atom stereocenters. The molecule has 0 heterocycles. The number of halogens is 1. The zero-order chi connectivity index (χ0) is 29.7. The number of anilines is 1. The summed E-state index contributed by atoms with van der Waals surface area (Å²) in [5, 5.41) is 14.2. The van der Waals surface area contributed by atoms with Crippen LogP contribution in [0.1, 0.15) is 33.3 Å². The summed E-state index contributed by atoms with van der Waals surface area (Å²) in [7, 11) is -4.37. The molecule has 12 heteroatoms. The first-order valence-corrected chi connectivity index (χ1v) is 13.8. The molecule has 0 bridgehead atoms.